The zero-order valence-corrected chi connectivity index (χ0v) is 9.77. The highest BCUT2D eigenvalue weighted by molar-refractivity contribution is 5.55. The van der Waals surface area contributed by atoms with Gasteiger partial charge in [0.15, 0.2) is 0 Å². The molecule has 0 saturated carbocycles. The van der Waals surface area contributed by atoms with Crippen molar-refractivity contribution in [2.75, 3.05) is 6.61 Å². The molecule has 2 rings (SSSR count). The SMILES string of the molecule is CCOc1ccc(-c2cc(C)nn2C)nc1. The smallest absolute Gasteiger partial charge is 0.137 e. The molecule has 0 saturated heterocycles. The van der Waals surface area contributed by atoms with Gasteiger partial charge in [0, 0.05) is 7.05 Å². The van der Waals surface area contributed by atoms with Crippen molar-refractivity contribution in [1.82, 2.24) is 14.8 Å². The monoisotopic (exact) mass is 217 g/mol. The van der Waals surface area contributed by atoms with E-state index in [0.717, 1.165) is 22.8 Å². The molecule has 16 heavy (non-hydrogen) atoms. The Bertz CT molecular complexity index is 474. The van der Waals surface area contributed by atoms with Crippen LogP contribution in [0.1, 0.15) is 12.6 Å². The van der Waals surface area contributed by atoms with Gasteiger partial charge in [0.2, 0.25) is 0 Å². The Morgan fingerprint density at radius 3 is 2.69 bits per heavy atom. The highest BCUT2D eigenvalue weighted by Gasteiger charge is 2.06. The third kappa shape index (κ3) is 2.05. The van der Waals surface area contributed by atoms with Crippen LogP contribution in [0, 0.1) is 6.92 Å². The van der Waals surface area contributed by atoms with Gasteiger partial charge in [0.05, 0.1) is 29.9 Å². The molecule has 2 aromatic rings. The van der Waals surface area contributed by atoms with E-state index in [-0.39, 0.29) is 0 Å². The summed E-state index contributed by atoms with van der Waals surface area (Å²) in [6.45, 7) is 4.59. The third-order valence-corrected chi connectivity index (χ3v) is 2.31. The molecule has 0 aliphatic heterocycles. The second-order valence-electron chi connectivity index (χ2n) is 3.61. The van der Waals surface area contributed by atoms with Crippen LogP contribution in [0.3, 0.4) is 0 Å². The highest BCUT2D eigenvalue weighted by Crippen LogP contribution is 2.19. The Labute approximate surface area is 94.9 Å². The van der Waals surface area contributed by atoms with Crippen LogP contribution in [0.25, 0.3) is 11.4 Å². The molecule has 0 fully saturated rings. The number of nitrogens with zero attached hydrogens (tertiary/aromatic N) is 3. The average Bonchev–Trinajstić information content (AvgIpc) is 2.59. The molecule has 0 spiro atoms. The predicted octanol–water partition coefficient (Wildman–Crippen LogP) is 2.19. The second kappa shape index (κ2) is 4.35. The molecule has 0 aromatic carbocycles. The summed E-state index contributed by atoms with van der Waals surface area (Å²) < 4.78 is 7.18. The van der Waals surface area contributed by atoms with E-state index in [2.05, 4.69) is 10.1 Å². The fraction of sp³-hybridized carbons (Fsp3) is 0.333. The normalized spacial score (nSPS) is 10.4. The van der Waals surface area contributed by atoms with Crippen LogP contribution in [0.5, 0.6) is 5.75 Å². The van der Waals surface area contributed by atoms with Crippen LogP contribution in [0.2, 0.25) is 0 Å². The summed E-state index contributed by atoms with van der Waals surface area (Å²) >= 11 is 0. The van der Waals surface area contributed by atoms with Crippen molar-refractivity contribution in [3.05, 3.63) is 30.1 Å². The lowest BCUT2D eigenvalue weighted by Crippen LogP contribution is -1.96. The molecular weight excluding hydrogens is 202 g/mol. The molecule has 0 amide bonds. The zero-order chi connectivity index (χ0) is 11.5. The van der Waals surface area contributed by atoms with Crippen molar-refractivity contribution in [3.63, 3.8) is 0 Å². The van der Waals surface area contributed by atoms with Crippen molar-refractivity contribution in [2.24, 2.45) is 7.05 Å². The lowest BCUT2D eigenvalue weighted by molar-refractivity contribution is 0.339. The van der Waals surface area contributed by atoms with Gasteiger partial charge in [-0.3, -0.25) is 9.67 Å². The summed E-state index contributed by atoms with van der Waals surface area (Å²) in [5.41, 5.74) is 2.92. The minimum absolute atomic E-state index is 0.659. The van der Waals surface area contributed by atoms with Gasteiger partial charge < -0.3 is 4.74 Å². The van der Waals surface area contributed by atoms with Gasteiger partial charge in [-0.05, 0) is 32.0 Å². The van der Waals surface area contributed by atoms with E-state index in [9.17, 15) is 0 Å². The maximum absolute atomic E-state index is 5.35. The molecule has 0 aliphatic rings. The van der Waals surface area contributed by atoms with Gasteiger partial charge >= 0.3 is 0 Å². The fourth-order valence-electron chi connectivity index (χ4n) is 1.63. The summed E-state index contributed by atoms with van der Waals surface area (Å²) in [6.07, 6.45) is 1.74. The van der Waals surface area contributed by atoms with E-state index < -0.39 is 0 Å². The first-order valence-corrected chi connectivity index (χ1v) is 5.30. The Morgan fingerprint density at radius 2 is 2.19 bits per heavy atom. The topological polar surface area (TPSA) is 39.9 Å². The van der Waals surface area contributed by atoms with Crippen LogP contribution in [-0.4, -0.2) is 21.4 Å². The summed E-state index contributed by atoms with van der Waals surface area (Å²) in [5, 5.41) is 4.29. The third-order valence-electron chi connectivity index (χ3n) is 2.31. The summed E-state index contributed by atoms with van der Waals surface area (Å²) in [6, 6.07) is 5.89. The molecule has 0 atom stereocenters. The van der Waals surface area contributed by atoms with Crippen molar-refractivity contribution < 1.29 is 4.74 Å². The molecule has 0 unspecified atom stereocenters. The molecule has 0 aliphatic carbocycles. The first kappa shape index (κ1) is 10.7. The first-order chi connectivity index (χ1) is 7.70. The van der Waals surface area contributed by atoms with E-state index >= 15 is 0 Å². The number of ether oxygens (including phenoxy) is 1. The van der Waals surface area contributed by atoms with Crippen LogP contribution < -0.4 is 4.74 Å². The molecule has 0 radical (unpaired) electrons. The zero-order valence-electron chi connectivity index (χ0n) is 9.77. The minimum atomic E-state index is 0.659. The van der Waals surface area contributed by atoms with Crippen LogP contribution in [-0.2, 0) is 7.05 Å². The van der Waals surface area contributed by atoms with Gasteiger partial charge in [-0.2, -0.15) is 5.10 Å². The van der Waals surface area contributed by atoms with Crippen LogP contribution >= 0.6 is 0 Å². The van der Waals surface area contributed by atoms with Crippen molar-refractivity contribution in [3.8, 4) is 17.1 Å². The Hall–Kier alpha value is -1.84. The largest absolute Gasteiger partial charge is 0.492 e. The highest BCUT2D eigenvalue weighted by atomic mass is 16.5. The molecule has 84 valence electrons. The van der Waals surface area contributed by atoms with Crippen molar-refractivity contribution >= 4 is 0 Å². The summed E-state index contributed by atoms with van der Waals surface area (Å²) in [5.74, 6) is 0.796. The minimum Gasteiger partial charge on any atom is -0.492 e. The number of aromatic nitrogens is 3. The van der Waals surface area contributed by atoms with E-state index in [0.29, 0.717) is 6.61 Å². The quantitative estimate of drug-likeness (QED) is 0.791. The van der Waals surface area contributed by atoms with Gasteiger partial charge in [0.25, 0.3) is 0 Å². The molecule has 4 nitrogen and oxygen atoms in total. The van der Waals surface area contributed by atoms with E-state index in [1.54, 1.807) is 6.20 Å². The number of pyridine rings is 1. The first-order valence-electron chi connectivity index (χ1n) is 5.30. The predicted molar refractivity (Wildman–Crippen MR) is 62.3 cm³/mol. The standard InChI is InChI=1S/C12H15N3O/c1-4-16-10-5-6-11(13-8-10)12-7-9(2)14-15(12)3/h5-8H,4H2,1-3H3. The molecular formula is C12H15N3O. The molecule has 4 heteroatoms. The number of hydrogen-bond acceptors (Lipinski definition) is 3. The fourth-order valence-corrected chi connectivity index (χ4v) is 1.63. The lowest BCUT2D eigenvalue weighted by Gasteiger charge is -2.04. The Kier molecular flexibility index (Phi) is 2.90. The maximum atomic E-state index is 5.35. The lowest BCUT2D eigenvalue weighted by atomic mass is 10.2. The summed E-state index contributed by atoms with van der Waals surface area (Å²) in [4.78, 5) is 4.36. The molecule has 2 heterocycles. The van der Waals surface area contributed by atoms with E-state index in [1.165, 1.54) is 0 Å². The van der Waals surface area contributed by atoms with Gasteiger partial charge in [0.1, 0.15) is 5.75 Å². The van der Waals surface area contributed by atoms with E-state index in [4.69, 9.17) is 4.74 Å². The number of rotatable bonds is 3. The molecule has 2 aromatic heterocycles. The maximum Gasteiger partial charge on any atom is 0.137 e. The Balaban J connectivity index is 2.31. The molecule has 0 N–H and O–H groups in total. The number of hydrogen-bond donors (Lipinski definition) is 0. The van der Waals surface area contributed by atoms with Crippen LogP contribution in [0.15, 0.2) is 24.4 Å². The summed E-state index contributed by atoms with van der Waals surface area (Å²) in [7, 11) is 1.92. The van der Waals surface area contributed by atoms with Gasteiger partial charge in [-0.25, -0.2) is 0 Å². The van der Waals surface area contributed by atoms with Gasteiger partial charge in [-0.15, -0.1) is 0 Å². The Morgan fingerprint density at radius 1 is 1.38 bits per heavy atom. The second-order valence-corrected chi connectivity index (χ2v) is 3.61. The van der Waals surface area contributed by atoms with Crippen LogP contribution in [0.4, 0.5) is 0 Å². The molecule has 0 bridgehead atoms. The number of aryl methyl sites for hydroxylation is 2. The van der Waals surface area contributed by atoms with E-state index in [1.807, 2.05) is 43.8 Å². The van der Waals surface area contributed by atoms with Crippen molar-refractivity contribution in [1.29, 1.82) is 0 Å². The van der Waals surface area contributed by atoms with Crippen molar-refractivity contribution in [2.45, 2.75) is 13.8 Å². The van der Waals surface area contributed by atoms with Gasteiger partial charge in [-0.1, -0.05) is 0 Å². The average molecular weight is 217 g/mol.